The molecule has 0 aromatic heterocycles. The van der Waals surface area contributed by atoms with Gasteiger partial charge in [-0.3, -0.25) is 4.90 Å². The van der Waals surface area contributed by atoms with Crippen molar-refractivity contribution in [2.45, 2.75) is 19.4 Å². The van der Waals surface area contributed by atoms with E-state index < -0.39 is 0 Å². The summed E-state index contributed by atoms with van der Waals surface area (Å²) in [6.45, 7) is 3.24. The second-order valence-electron chi connectivity index (χ2n) is 4.62. The molecular formula is C14H21NO3. The molecule has 1 aliphatic rings. The molecule has 0 saturated heterocycles. The van der Waals surface area contributed by atoms with Gasteiger partial charge >= 0.3 is 0 Å². The molecule has 2 rings (SSSR count). The molecule has 1 aromatic rings. The normalized spacial score (nSPS) is 19.3. The van der Waals surface area contributed by atoms with E-state index in [2.05, 4.69) is 24.9 Å². The minimum absolute atomic E-state index is 0.323. The van der Waals surface area contributed by atoms with Crippen LogP contribution < -0.4 is 14.2 Å². The summed E-state index contributed by atoms with van der Waals surface area (Å²) in [5, 5.41) is 0. The molecule has 18 heavy (non-hydrogen) atoms. The van der Waals surface area contributed by atoms with Crippen LogP contribution in [-0.4, -0.2) is 39.8 Å². The van der Waals surface area contributed by atoms with E-state index in [-0.39, 0.29) is 0 Å². The Balaban J connectivity index is 2.65. The Kier molecular flexibility index (Phi) is 3.66. The van der Waals surface area contributed by atoms with Crippen LogP contribution in [-0.2, 0) is 6.42 Å². The molecule has 0 fully saturated rings. The number of ether oxygens (including phenoxy) is 3. The van der Waals surface area contributed by atoms with Crippen molar-refractivity contribution >= 4 is 0 Å². The number of fused-ring (bicyclic) bond motifs is 1. The van der Waals surface area contributed by atoms with Crippen molar-refractivity contribution < 1.29 is 14.2 Å². The van der Waals surface area contributed by atoms with E-state index >= 15 is 0 Å². The van der Waals surface area contributed by atoms with Crippen LogP contribution in [0.3, 0.4) is 0 Å². The van der Waals surface area contributed by atoms with Crippen molar-refractivity contribution in [2.75, 3.05) is 34.9 Å². The van der Waals surface area contributed by atoms with Gasteiger partial charge in [0.15, 0.2) is 11.5 Å². The Bertz CT molecular complexity index is 445. The van der Waals surface area contributed by atoms with Gasteiger partial charge in [0.2, 0.25) is 5.75 Å². The summed E-state index contributed by atoms with van der Waals surface area (Å²) >= 11 is 0. The van der Waals surface area contributed by atoms with Gasteiger partial charge in [0.25, 0.3) is 0 Å². The maximum atomic E-state index is 5.56. The van der Waals surface area contributed by atoms with Gasteiger partial charge in [-0.25, -0.2) is 0 Å². The lowest BCUT2D eigenvalue weighted by Gasteiger charge is -2.34. The van der Waals surface area contributed by atoms with Crippen LogP contribution in [0.1, 0.15) is 24.1 Å². The van der Waals surface area contributed by atoms with E-state index in [1.807, 2.05) is 0 Å². The molecule has 1 heterocycles. The molecule has 0 bridgehead atoms. The van der Waals surface area contributed by atoms with Crippen molar-refractivity contribution in [2.24, 2.45) is 0 Å². The first-order valence-corrected chi connectivity index (χ1v) is 6.16. The fourth-order valence-corrected chi connectivity index (χ4v) is 2.60. The Morgan fingerprint density at radius 2 is 1.78 bits per heavy atom. The van der Waals surface area contributed by atoms with E-state index in [1.54, 1.807) is 21.3 Å². The summed E-state index contributed by atoms with van der Waals surface area (Å²) in [5.41, 5.74) is 2.50. The summed E-state index contributed by atoms with van der Waals surface area (Å²) in [5.74, 6) is 2.22. The van der Waals surface area contributed by atoms with Crippen molar-refractivity contribution in [1.82, 2.24) is 4.90 Å². The number of hydrogen-bond donors (Lipinski definition) is 0. The number of likely N-dealkylation sites (N-methyl/N-ethyl adjacent to an activating group) is 1. The molecule has 0 saturated carbocycles. The SMILES string of the molecule is COc1cc2c(c(OC)c1OC)C(C)N(C)CC2. The monoisotopic (exact) mass is 251 g/mol. The molecule has 1 unspecified atom stereocenters. The molecule has 0 aliphatic carbocycles. The van der Waals surface area contributed by atoms with Gasteiger partial charge in [0.1, 0.15) is 0 Å². The molecule has 0 N–H and O–H groups in total. The Labute approximate surface area is 108 Å². The number of hydrogen-bond acceptors (Lipinski definition) is 4. The minimum atomic E-state index is 0.323. The van der Waals surface area contributed by atoms with Gasteiger partial charge in [-0.1, -0.05) is 0 Å². The van der Waals surface area contributed by atoms with Crippen LogP contribution in [0.2, 0.25) is 0 Å². The Morgan fingerprint density at radius 1 is 1.11 bits per heavy atom. The fourth-order valence-electron chi connectivity index (χ4n) is 2.60. The van der Waals surface area contributed by atoms with Crippen LogP contribution in [0, 0.1) is 0 Å². The predicted octanol–water partition coefficient (Wildman–Crippen LogP) is 2.26. The van der Waals surface area contributed by atoms with E-state index in [4.69, 9.17) is 14.2 Å². The standard InChI is InChI=1S/C14H21NO3/c1-9-12-10(6-7-15(9)2)8-11(16-3)13(17-4)14(12)18-5/h8-9H,6-7H2,1-5H3. The zero-order valence-electron chi connectivity index (χ0n) is 11.7. The van der Waals surface area contributed by atoms with Crippen molar-refractivity contribution in [3.63, 3.8) is 0 Å². The van der Waals surface area contributed by atoms with Gasteiger partial charge in [-0.15, -0.1) is 0 Å². The number of methoxy groups -OCH3 is 3. The summed E-state index contributed by atoms with van der Waals surface area (Å²) in [4.78, 5) is 2.32. The van der Waals surface area contributed by atoms with Crippen LogP contribution in [0.4, 0.5) is 0 Å². The summed E-state index contributed by atoms with van der Waals surface area (Å²) in [6.07, 6.45) is 1.01. The van der Waals surface area contributed by atoms with Gasteiger partial charge < -0.3 is 14.2 Å². The van der Waals surface area contributed by atoms with Crippen LogP contribution in [0.15, 0.2) is 6.07 Å². The second-order valence-corrected chi connectivity index (χ2v) is 4.62. The third-order valence-electron chi connectivity index (χ3n) is 3.77. The lowest BCUT2D eigenvalue weighted by molar-refractivity contribution is 0.235. The van der Waals surface area contributed by atoms with E-state index in [0.29, 0.717) is 11.8 Å². The highest BCUT2D eigenvalue weighted by Crippen LogP contribution is 2.46. The van der Waals surface area contributed by atoms with Gasteiger partial charge in [-0.2, -0.15) is 0 Å². The highest BCUT2D eigenvalue weighted by atomic mass is 16.5. The summed E-state index contributed by atoms with van der Waals surface area (Å²) < 4.78 is 16.4. The summed E-state index contributed by atoms with van der Waals surface area (Å²) in [7, 11) is 7.11. The third-order valence-corrected chi connectivity index (χ3v) is 3.77. The lowest BCUT2D eigenvalue weighted by atomic mass is 9.92. The molecule has 0 radical (unpaired) electrons. The quantitative estimate of drug-likeness (QED) is 0.824. The fraction of sp³-hybridized carbons (Fsp3) is 0.571. The molecule has 1 atom stereocenters. The molecule has 1 aliphatic heterocycles. The van der Waals surface area contributed by atoms with Crippen molar-refractivity contribution in [1.29, 1.82) is 0 Å². The minimum Gasteiger partial charge on any atom is -0.493 e. The smallest absolute Gasteiger partial charge is 0.203 e. The van der Waals surface area contributed by atoms with E-state index in [1.165, 1.54) is 11.1 Å². The highest BCUT2D eigenvalue weighted by molar-refractivity contribution is 5.60. The van der Waals surface area contributed by atoms with Gasteiger partial charge in [0.05, 0.1) is 21.3 Å². The molecule has 100 valence electrons. The van der Waals surface area contributed by atoms with E-state index in [9.17, 15) is 0 Å². The Hall–Kier alpha value is -1.42. The van der Waals surface area contributed by atoms with Crippen molar-refractivity contribution in [3.05, 3.63) is 17.2 Å². The first kappa shape index (κ1) is 13.0. The number of benzene rings is 1. The number of rotatable bonds is 3. The highest BCUT2D eigenvalue weighted by Gasteiger charge is 2.29. The van der Waals surface area contributed by atoms with Crippen LogP contribution in [0.25, 0.3) is 0 Å². The molecule has 0 spiro atoms. The lowest BCUT2D eigenvalue weighted by Crippen LogP contribution is -2.30. The van der Waals surface area contributed by atoms with E-state index in [0.717, 1.165) is 24.5 Å². The van der Waals surface area contributed by atoms with Crippen LogP contribution >= 0.6 is 0 Å². The third kappa shape index (κ3) is 1.90. The first-order valence-electron chi connectivity index (χ1n) is 6.16. The maximum absolute atomic E-state index is 5.56. The zero-order valence-corrected chi connectivity index (χ0v) is 11.7. The van der Waals surface area contributed by atoms with Gasteiger partial charge in [0, 0.05) is 18.2 Å². The summed E-state index contributed by atoms with van der Waals surface area (Å²) in [6, 6.07) is 2.39. The average Bonchev–Trinajstić information content (AvgIpc) is 2.40. The zero-order chi connectivity index (χ0) is 13.3. The predicted molar refractivity (Wildman–Crippen MR) is 70.8 cm³/mol. The molecule has 0 amide bonds. The molecule has 1 aromatic carbocycles. The molecule has 4 nitrogen and oxygen atoms in total. The maximum Gasteiger partial charge on any atom is 0.203 e. The molecule has 4 heteroatoms. The molecular weight excluding hydrogens is 230 g/mol. The second kappa shape index (κ2) is 5.06. The Morgan fingerprint density at radius 3 is 2.33 bits per heavy atom. The van der Waals surface area contributed by atoms with Crippen LogP contribution in [0.5, 0.6) is 17.2 Å². The average molecular weight is 251 g/mol. The topological polar surface area (TPSA) is 30.9 Å². The number of nitrogens with zero attached hydrogens (tertiary/aromatic N) is 1. The largest absolute Gasteiger partial charge is 0.493 e. The van der Waals surface area contributed by atoms with Gasteiger partial charge in [-0.05, 0) is 32.0 Å². The van der Waals surface area contributed by atoms with Crippen molar-refractivity contribution in [3.8, 4) is 17.2 Å². The first-order chi connectivity index (χ1) is 8.63.